The molecule has 0 atom stereocenters. The van der Waals surface area contributed by atoms with Crippen molar-refractivity contribution in [3.05, 3.63) is 0 Å². The molecular weight excluding hydrogens is 148 g/mol. The van der Waals surface area contributed by atoms with Crippen molar-refractivity contribution in [2.75, 3.05) is 0 Å². The first-order valence-corrected chi connectivity index (χ1v) is 5.27. The van der Waals surface area contributed by atoms with E-state index < -0.39 is 0 Å². The molecule has 0 N–H and O–H groups in total. The van der Waals surface area contributed by atoms with E-state index in [4.69, 9.17) is 4.74 Å². The van der Waals surface area contributed by atoms with Gasteiger partial charge in [-0.15, -0.1) is 0 Å². The minimum atomic E-state index is 0.263. The summed E-state index contributed by atoms with van der Waals surface area (Å²) in [5.41, 5.74) is 0.525. The van der Waals surface area contributed by atoms with Crippen LogP contribution < -0.4 is 0 Å². The Balaban J connectivity index is 1.98. The zero-order chi connectivity index (χ0) is 8.40. The molecule has 4 aliphatic rings. The fourth-order valence-electron chi connectivity index (χ4n) is 4.32. The highest BCUT2D eigenvalue weighted by Crippen LogP contribution is 2.57. The molecule has 2 heterocycles. The van der Waals surface area contributed by atoms with Gasteiger partial charge in [0.1, 0.15) is 0 Å². The summed E-state index contributed by atoms with van der Waals surface area (Å²) < 4.78 is 6.20. The molecule has 0 aromatic carbocycles. The van der Waals surface area contributed by atoms with E-state index in [1.165, 1.54) is 32.1 Å². The molecule has 0 unspecified atom stereocenters. The second kappa shape index (κ2) is 1.89. The van der Waals surface area contributed by atoms with Crippen molar-refractivity contribution in [2.24, 2.45) is 11.8 Å². The van der Waals surface area contributed by atoms with Crippen LogP contribution in [0, 0.1) is 11.8 Å². The maximum Gasteiger partial charge on any atom is 0.0667 e. The van der Waals surface area contributed by atoms with Crippen LogP contribution in [0.1, 0.15) is 46.0 Å². The van der Waals surface area contributed by atoms with Gasteiger partial charge < -0.3 is 4.74 Å². The Kier molecular flexibility index (Phi) is 1.16. The van der Waals surface area contributed by atoms with E-state index in [9.17, 15) is 0 Å². The van der Waals surface area contributed by atoms with Gasteiger partial charge in [0.2, 0.25) is 0 Å². The largest absolute Gasteiger partial charge is 0.369 e. The lowest BCUT2D eigenvalue weighted by molar-refractivity contribution is -0.259. The molecule has 2 aliphatic carbocycles. The monoisotopic (exact) mass is 166 g/mol. The van der Waals surface area contributed by atoms with Crippen LogP contribution in [0.4, 0.5) is 0 Å². The highest BCUT2D eigenvalue weighted by Gasteiger charge is 2.54. The Bertz CT molecular complexity index is 187. The standard InChI is InChI=1S/C11H18O/c1-10-4-8-3-9(5-10)7-11(2,6-8)12-10/h8-9H,3-7H2,1-2H3. The fourth-order valence-corrected chi connectivity index (χ4v) is 4.32. The molecule has 0 aromatic rings. The second-order valence-corrected chi connectivity index (χ2v) is 5.79. The van der Waals surface area contributed by atoms with Crippen molar-refractivity contribution in [1.29, 1.82) is 0 Å². The van der Waals surface area contributed by atoms with Crippen LogP contribution in [0.25, 0.3) is 0 Å². The molecule has 1 nitrogen and oxygen atoms in total. The maximum absolute atomic E-state index is 6.20. The third-order valence-electron chi connectivity index (χ3n) is 4.04. The second-order valence-electron chi connectivity index (χ2n) is 5.79. The van der Waals surface area contributed by atoms with Crippen LogP contribution in [0.3, 0.4) is 0 Å². The van der Waals surface area contributed by atoms with Gasteiger partial charge in [0.25, 0.3) is 0 Å². The molecule has 1 heteroatoms. The molecule has 0 spiro atoms. The van der Waals surface area contributed by atoms with Crippen molar-refractivity contribution in [3.8, 4) is 0 Å². The summed E-state index contributed by atoms with van der Waals surface area (Å²) in [4.78, 5) is 0. The summed E-state index contributed by atoms with van der Waals surface area (Å²) in [6.45, 7) is 4.64. The highest BCUT2D eigenvalue weighted by atomic mass is 16.5. The quantitative estimate of drug-likeness (QED) is 0.537. The van der Waals surface area contributed by atoms with E-state index >= 15 is 0 Å². The van der Waals surface area contributed by atoms with E-state index in [1.807, 2.05) is 0 Å². The van der Waals surface area contributed by atoms with E-state index in [1.54, 1.807) is 0 Å². The maximum atomic E-state index is 6.20. The van der Waals surface area contributed by atoms with E-state index in [0.717, 1.165) is 11.8 Å². The zero-order valence-corrected chi connectivity index (χ0v) is 8.10. The molecule has 4 fully saturated rings. The summed E-state index contributed by atoms with van der Waals surface area (Å²) in [7, 11) is 0. The average Bonchev–Trinajstić information content (AvgIpc) is 1.75. The van der Waals surface area contributed by atoms with Crippen molar-refractivity contribution in [3.63, 3.8) is 0 Å². The third-order valence-corrected chi connectivity index (χ3v) is 4.04. The summed E-state index contributed by atoms with van der Waals surface area (Å²) >= 11 is 0. The minimum absolute atomic E-state index is 0.263. The Morgan fingerprint density at radius 1 is 0.917 bits per heavy atom. The summed E-state index contributed by atoms with van der Waals surface area (Å²) in [5, 5.41) is 0. The van der Waals surface area contributed by atoms with Crippen molar-refractivity contribution in [1.82, 2.24) is 0 Å². The molecule has 2 saturated carbocycles. The van der Waals surface area contributed by atoms with E-state index in [2.05, 4.69) is 13.8 Å². The first-order chi connectivity index (χ1) is 5.57. The average molecular weight is 166 g/mol. The zero-order valence-electron chi connectivity index (χ0n) is 8.10. The molecule has 0 radical (unpaired) electrons. The van der Waals surface area contributed by atoms with E-state index in [-0.39, 0.29) is 11.2 Å². The van der Waals surface area contributed by atoms with Gasteiger partial charge in [0, 0.05) is 0 Å². The Labute approximate surface area is 74.5 Å². The number of ether oxygens (including phenoxy) is 1. The van der Waals surface area contributed by atoms with E-state index in [0.29, 0.717) is 0 Å². The molecule has 12 heavy (non-hydrogen) atoms. The van der Waals surface area contributed by atoms with Gasteiger partial charge in [-0.2, -0.15) is 0 Å². The SMILES string of the molecule is CC12CC3CC(C1)CC(C)(C3)O2. The Hall–Kier alpha value is -0.0400. The first-order valence-electron chi connectivity index (χ1n) is 5.27. The van der Waals surface area contributed by atoms with Crippen LogP contribution in [-0.2, 0) is 4.74 Å². The molecule has 4 bridgehead atoms. The Morgan fingerprint density at radius 2 is 1.33 bits per heavy atom. The number of rotatable bonds is 0. The molecule has 0 aromatic heterocycles. The van der Waals surface area contributed by atoms with Crippen LogP contribution in [0.2, 0.25) is 0 Å². The highest BCUT2D eigenvalue weighted by molar-refractivity contribution is 5.04. The smallest absolute Gasteiger partial charge is 0.0667 e. The Morgan fingerprint density at radius 3 is 1.67 bits per heavy atom. The van der Waals surface area contributed by atoms with Gasteiger partial charge in [-0.25, -0.2) is 0 Å². The van der Waals surface area contributed by atoms with Gasteiger partial charge in [-0.1, -0.05) is 0 Å². The van der Waals surface area contributed by atoms with Crippen LogP contribution in [0.15, 0.2) is 0 Å². The number of hydrogen-bond donors (Lipinski definition) is 0. The molecule has 2 saturated heterocycles. The lowest BCUT2D eigenvalue weighted by Crippen LogP contribution is -2.58. The number of hydrogen-bond acceptors (Lipinski definition) is 1. The lowest BCUT2D eigenvalue weighted by atomic mass is 9.59. The molecule has 4 rings (SSSR count). The molecule has 2 aliphatic heterocycles. The van der Waals surface area contributed by atoms with Crippen LogP contribution >= 0.6 is 0 Å². The van der Waals surface area contributed by atoms with Crippen LogP contribution in [-0.4, -0.2) is 11.2 Å². The predicted molar refractivity (Wildman–Crippen MR) is 48.0 cm³/mol. The van der Waals surface area contributed by atoms with Crippen molar-refractivity contribution < 1.29 is 4.74 Å². The van der Waals surface area contributed by atoms with Gasteiger partial charge in [0.05, 0.1) is 11.2 Å². The summed E-state index contributed by atoms with van der Waals surface area (Å²) in [6, 6.07) is 0. The lowest BCUT2D eigenvalue weighted by Gasteiger charge is -2.60. The summed E-state index contributed by atoms with van der Waals surface area (Å²) in [5.74, 6) is 1.97. The van der Waals surface area contributed by atoms with Gasteiger partial charge >= 0.3 is 0 Å². The fraction of sp³-hybridized carbons (Fsp3) is 1.00. The van der Waals surface area contributed by atoms with Crippen molar-refractivity contribution in [2.45, 2.75) is 57.2 Å². The minimum Gasteiger partial charge on any atom is -0.369 e. The molecular formula is C11H18O. The van der Waals surface area contributed by atoms with Gasteiger partial charge in [-0.3, -0.25) is 0 Å². The van der Waals surface area contributed by atoms with Crippen LogP contribution in [0.5, 0.6) is 0 Å². The molecule has 68 valence electrons. The third kappa shape index (κ3) is 0.891. The van der Waals surface area contributed by atoms with Gasteiger partial charge in [0.15, 0.2) is 0 Å². The first kappa shape index (κ1) is 7.37. The normalized spacial score (nSPS) is 62.5. The topological polar surface area (TPSA) is 9.23 Å². The summed E-state index contributed by atoms with van der Waals surface area (Å²) in [6.07, 6.45) is 6.82. The molecule has 0 amide bonds. The van der Waals surface area contributed by atoms with Gasteiger partial charge in [-0.05, 0) is 57.8 Å². The van der Waals surface area contributed by atoms with Crippen molar-refractivity contribution >= 4 is 0 Å². The predicted octanol–water partition coefficient (Wildman–Crippen LogP) is 2.74.